The Kier molecular flexibility index (Phi) is 7.71. The largest absolute Gasteiger partial charge is 0.444 e. The molecule has 0 saturated carbocycles. The van der Waals surface area contributed by atoms with E-state index < -0.39 is 5.60 Å². The maximum absolute atomic E-state index is 12.2. The molecule has 0 aromatic heterocycles. The van der Waals surface area contributed by atoms with E-state index in [-0.39, 0.29) is 6.09 Å². The lowest BCUT2D eigenvalue weighted by Crippen LogP contribution is -2.38. The van der Waals surface area contributed by atoms with Crippen LogP contribution >= 0.6 is 0 Å². The SMILES string of the molecule is CC(C)(C)OC(=O)N1CCCCC/C=C\CCCCC1. The highest BCUT2D eigenvalue weighted by Gasteiger charge is 2.21. The van der Waals surface area contributed by atoms with Gasteiger partial charge in [0.2, 0.25) is 0 Å². The average Bonchev–Trinajstić information content (AvgIpc) is 2.37. The molecule has 20 heavy (non-hydrogen) atoms. The maximum Gasteiger partial charge on any atom is 0.410 e. The summed E-state index contributed by atoms with van der Waals surface area (Å²) in [5.74, 6) is 0. The van der Waals surface area contributed by atoms with Crippen LogP contribution < -0.4 is 0 Å². The highest BCUT2D eigenvalue weighted by Crippen LogP contribution is 2.13. The first kappa shape index (κ1) is 17.1. The summed E-state index contributed by atoms with van der Waals surface area (Å²) >= 11 is 0. The van der Waals surface area contributed by atoms with Gasteiger partial charge in [-0.3, -0.25) is 0 Å². The van der Waals surface area contributed by atoms with Crippen LogP contribution in [0.15, 0.2) is 12.2 Å². The van der Waals surface area contributed by atoms with Crippen molar-refractivity contribution in [3.8, 4) is 0 Å². The second-order valence-electron chi connectivity index (χ2n) is 6.64. The van der Waals surface area contributed by atoms with E-state index in [1.54, 1.807) is 0 Å². The molecule has 1 rings (SSSR count). The van der Waals surface area contributed by atoms with Crippen molar-refractivity contribution in [2.45, 2.75) is 77.7 Å². The number of amides is 1. The van der Waals surface area contributed by atoms with Crippen LogP contribution in [0.5, 0.6) is 0 Å². The molecule has 0 aromatic carbocycles. The minimum atomic E-state index is -0.401. The zero-order valence-electron chi connectivity index (χ0n) is 13.5. The third-order valence-electron chi connectivity index (χ3n) is 3.42. The normalized spacial score (nSPS) is 21.2. The molecule has 0 unspecified atom stereocenters. The number of carbonyl (C=O) groups is 1. The Labute approximate surface area is 124 Å². The third kappa shape index (κ3) is 8.23. The molecule has 0 saturated heterocycles. The summed E-state index contributed by atoms with van der Waals surface area (Å²) < 4.78 is 5.50. The summed E-state index contributed by atoms with van der Waals surface area (Å²) in [4.78, 5) is 14.1. The Bertz CT molecular complexity index is 289. The number of ether oxygens (including phenoxy) is 1. The highest BCUT2D eigenvalue weighted by atomic mass is 16.6. The molecule has 1 aliphatic rings. The van der Waals surface area contributed by atoms with Gasteiger partial charge in [-0.1, -0.05) is 25.0 Å². The van der Waals surface area contributed by atoms with Gasteiger partial charge in [-0.25, -0.2) is 4.79 Å². The molecule has 0 N–H and O–H groups in total. The Morgan fingerprint density at radius 2 is 1.40 bits per heavy atom. The van der Waals surface area contributed by atoms with Gasteiger partial charge in [0.15, 0.2) is 0 Å². The van der Waals surface area contributed by atoms with Gasteiger partial charge in [-0.05, 0) is 59.3 Å². The monoisotopic (exact) mass is 281 g/mol. The second-order valence-corrected chi connectivity index (χ2v) is 6.64. The van der Waals surface area contributed by atoms with E-state index in [1.807, 2.05) is 25.7 Å². The third-order valence-corrected chi connectivity index (χ3v) is 3.42. The van der Waals surface area contributed by atoms with Crippen LogP contribution in [0.1, 0.15) is 72.1 Å². The van der Waals surface area contributed by atoms with Crippen molar-refractivity contribution in [3.05, 3.63) is 12.2 Å². The first-order chi connectivity index (χ1) is 9.49. The molecule has 0 bridgehead atoms. The molecule has 3 heteroatoms. The van der Waals surface area contributed by atoms with Crippen LogP contribution in [-0.2, 0) is 4.74 Å². The van der Waals surface area contributed by atoms with Gasteiger partial charge in [-0.2, -0.15) is 0 Å². The van der Waals surface area contributed by atoms with Crippen molar-refractivity contribution in [1.29, 1.82) is 0 Å². The molecule has 0 aromatic rings. The van der Waals surface area contributed by atoms with Crippen molar-refractivity contribution >= 4 is 6.09 Å². The molecular formula is C17H31NO2. The van der Waals surface area contributed by atoms with Gasteiger partial charge in [0.05, 0.1) is 0 Å². The topological polar surface area (TPSA) is 29.5 Å². The summed E-state index contributed by atoms with van der Waals surface area (Å²) in [6, 6.07) is 0. The van der Waals surface area contributed by atoms with Crippen LogP contribution in [0.3, 0.4) is 0 Å². The first-order valence-corrected chi connectivity index (χ1v) is 8.12. The standard InChI is InChI=1S/C17H31NO2/c1-17(2,3)20-16(19)18-14-12-10-8-6-4-5-7-9-11-13-15-18/h4-5H,6-15H2,1-3H3/b5-4-. The molecule has 0 spiro atoms. The summed E-state index contributed by atoms with van der Waals surface area (Å²) in [5.41, 5.74) is -0.401. The summed E-state index contributed by atoms with van der Waals surface area (Å²) in [7, 11) is 0. The lowest BCUT2D eigenvalue weighted by Gasteiger charge is -2.27. The minimum Gasteiger partial charge on any atom is -0.444 e. The average molecular weight is 281 g/mol. The Balaban J connectivity index is 2.47. The van der Waals surface area contributed by atoms with Gasteiger partial charge in [0, 0.05) is 13.1 Å². The Morgan fingerprint density at radius 1 is 0.900 bits per heavy atom. The van der Waals surface area contributed by atoms with Gasteiger partial charge >= 0.3 is 6.09 Å². The predicted molar refractivity (Wildman–Crippen MR) is 83.9 cm³/mol. The number of nitrogens with zero attached hydrogens (tertiary/aromatic N) is 1. The summed E-state index contributed by atoms with van der Waals surface area (Å²) in [6.45, 7) is 7.45. The van der Waals surface area contributed by atoms with E-state index in [0.717, 1.165) is 25.9 Å². The van der Waals surface area contributed by atoms with Crippen LogP contribution in [-0.4, -0.2) is 29.7 Å². The van der Waals surface area contributed by atoms with Crippen molar-refractivity contribution in [3.63, 3.8) is 0 Å². The van der Waals surface area contributed by atoms with E-state index >= 15 is 0 Å². The minimum absolute atomic E-state index is 0.148. The number of carbonyl (C=O) groups excluding carboxylic acids is 1. The van der Waals surface area contributed by atoms with E-state index in [9.17, 15) is 4.79 Å². The van der Waals surface area contributed by atoms with Crippen molar-refractivity contribution in [1.82, 2.24) is 4.90 Å². The van der Waals surface area contributed by atoms with Crippen LogP contribution in [0, 0.1) is 0 Å². The van der Waals surface area contributed by atoms with Gasteiger partial charge in [0.1, 0.15) is 5.60 Å². The summed E-state index contributed by atoms with van der Waals surface area (Å²) in [6.07, 6.45) is 13.8. The fraction of sp³-hybridized carbons (Fsp3) is 0.824. The van der Waals surface area contributed by atoms with Crippen LogP contribution in [0.2, 0.25) is 0 Å². The van der Waals surface area contributed by atoms with Crippen molar-refractivity contribution in [2.24, 2.45) is 0 Å². The molecule has 116 valence electrons. The van der Waals surface area contributed by atoms with Gasteiger partial charge in [-0.15, -0.1) is 0 Å². The maximum atomic E-state index is 12.2. The molecule has 0 aliphatic carbocycles. The molecule has 1 amide bonds. The highest BCUT2D eigenvalue weighted by molar-refractivity contribution is 5.68. The van der Waals surface area contributed by atoms with Gasteiger partial charge < -0.3 is 9.64 Å². The molecular weight excluding hydrogens is 250 g/mol. The molecule has 1 aliphatic heterocycles. The van der Waals surface area contributed by atoms with Crippen LogP contribution in [0.4, 0.5) is 4.79 Å². The number of hydrogen-bond donors (Lipinski definition) is 0. The van der Waals surface area contributed by atoms with Crippen LogP contribution in [0.25, 0.3) is 0 Å². The number of allylic oxidation sites excluding steroid dienone is 2. The van der Waals surface area contributed by atoms with E-state index in [0.29, 0.717) is 0 Å². The summed E-state index contributed by atoms with van der Waals surface area (Å²) in [5, 5.41) is 0. The molecule has 0 radical (unpaired) electrons. The van der Waals surface area contributed by atoms with E-state index in [1.165, 1.54) is 38.5 Å². The van der Waals surface area contributed by atoms with E-state index in [4.69, 9.17) is 4.74 Å². The lowest BCUT2D eigenvalue weighted by atomic mass is 10.1. The lowest BCUT2D eigenvalue weighted by molar-refractivity contribution is 0.0243. The fourth-order valence-corrected chi connectivity index (χ4v) is 2.34. The molecule has 1 heterocycles. The number of rotatable bonds is 0. The first-order valence-electron chi connectivity index (χ1n) is 8.12. The molecule has 0 fully saturated rings. The van der Waals surface area contributed by atoms with Gasteiger partial charge in [0.25, 0.3) is 0 Å². The second kappa shape index (κ2) is 9.04. The Hall–Kier alpha value is -0.990. The van der Waals surface area contributed by atoms with E-state index in [2.05, 4.69) is 12.2 Å². The smallest absolute Gasteiger partial charge is 0.410 e. The van der Waals surface area contributed by atoms with Crippen molar-refractivity contribution in [2.75, 3.05) is 13.1 Å². The zero-order valence-corrected chi connectivity index (χ0v) is 13.5. The number of hydrogen-bond acceptors (Lipinski definition) is 2. The molecule has 3 nitrogen and oxygen atoms in total. The van der Waals surface area contributed by atoms with Crippen molar-refractivity contribution < 1.29 is 9.53 Å². The Morgan fingerprint density at radius 3 is 1.85 bits per heavy atom. The predicted octanol–water partition coefficient (Wildman–Crippen LogP) is 4.91. The quantitative estimate of drug-likeness (QED) is 0.590. The zero-order chi connectivity index (χ0) is 14.8. The fourth-order valence-electron chi connectivity index (χ4n) is 2.34. The molecule has 0 atom stereocenters.